The van der Waals surface area contributed by atoms with Crippen molar-refractivity contribution in [1.82, 2.24) is 14.9 Å². The highest BCUT2D eigenvalue weighted by Crippen LogP contribution is 2.12. The van der Waals surface area contributed by atoms with Crippen molar-refractivity contribution in [3.05, 3.63) is 65.5 Å². The lowest BCUT2D eigenvalue weighted by Gasteiger charge is -2.22. The van der Waals surface area contributed by atoms with Crippen LogP contribution in [0.1, 0.15) is 18.1 Å². The Bertz CT molecular complexity index is 889. The molecule has 9 heteroatoms. The number of nitrogens with zero attached hydrogens (tertiary/aromatic N) is 2. The minimum absolute atomic E-state index is 0. The summed E-state index contributed by atoms with van der Waals surface area (Å²) in [6.07, 6.45) is 0. The Balaban J connectivity index is 0.00000392. The van der Waals surface area contributed by atoms with E-state index in [4.69, 9.17) is 0 Å². The van der Waals surface area contributed by atoms with Crippen LogP contribution in [0, 0.1) is 5.82 Å². The van der Waals surface area contributed by atoms with Gasteiger partial charge in [-0.2, -0.15) is 0 Å². The molecule has 0 heterocycles. The van der Waals surface area contributed by atoms with Gasteiger partial charge in [0.25, 0.3) is 0 Å². The Morgan fingerprint density at radius 3 is 2.43 bits per heavy atom. The third-order valence-electron chi connectivity index (χ3n) is 3.92. The first-order chi connectivity index (χ1) is 12.9. The fraction of sp³-hybridized carbons (Fsp3) is 0.316. The molecule has 0 aliphatic heterocycles. The number of guanidine groups is 1. The summed E-state index contributed by atoms with van der Waals surface area (Å²) in [5, 5.41) is 3.21. The molecule has 2 aromatic carbocycles. The van der Waals surface area contributed by atoms with Gasteiger partial charge >= 0.3 is 0 Å². The minimum Gasteiger partial charge on any atom is -0.357 e. The average Bonchev–Trinajstić information content (AvgIpc) is 2.67. The second-order valence-corrected chi connectivity index (χ2v) is 7.89. The molecule has 0 amide bonds. The summed E-state index contributed by atoms with van der Waals surface area (Å²) in [5.41, 5.74) is 1.75. The molecule has 2 aromatic rings. The van der Waals surface area contributed by atoms with Crippen molar-refractivity contribution in [2.75, 3.05) is 20.6 Å². The smallest absolute Gasteiger partial charge is 0.240 e. The summed E-state index contributed by atoms with van der Waals surface area (Å²) >= 11 is 0. The summed E-state index contributed by atoms with van der Waals surface area (Å²) in [4.78, 5) is 6.73. The summed E-state index contributed by atoms with van der Waals surface area (Å²) in [5.74, 6) is 0.419. The van der Waals surface area contributed by atoms with Crippen LogP contribution < -0.4 is 10.0 Å². The summed E-state index contributed by atoms with van der Waals surface area (Å²) in [6, 6.07) is 13.0. The highest BCUT2D eigenvalue weighted by molar-refractivity contribution is 14.0. The third kappa shape index (κ3) is 7.02. The molecule has 6 nitrogen and oxygen atoms in total. The van der Waals surface area contributed by atoms with Gasteiger partial charge in [0.15, 0.2) is 5.96 Å². The lowest BCUT2D eigenvalue weighted by atomic mass is 10.2. The molecule has 154 valence electrons. The number of aliphatic imine (C=N–C) groups is 1. The Labute approximate surface area is 183 Å². The van der Waals surface area contributed by atoms with Crippen LogP contribution in [0.3, 0.4) is 0 Å². The average molecular weight is 520 g/mol. The Morgan fingerprint density at radius 2 is 1.82 bits per heavy atom. The topological polar surface area (TPSA) is 73.8 Å². The van der Waals surface area contributed by atoms with E-state index in [-0.39, 0.29) is 34.7 Å². The van der Waals surface area contributed by atoms with Gasteiger partial charge in [0.05, 0.1) is 11.4 Å². The van der Waals surface area contributed by atoms with Gasteiger partial charge in [-0.3, -0.25) is 0 Å². The van der Waals surface area contributed by atoms with Gasteiger partial charge in [0.1, 0.15) is 5.82 Å². The predicted octanol–water partition coefficient (Wildman–Crippen LogP) is 2.95. The quantitative estimate of drug-likeness (QED) is 0.335. The van der Waals surface area contributed by atoms with Crippen molar-refractivity contribution < 1.29 is 12.8 Å². The van der Waals surface area contributed by atoms with E-state index in [2.05, 4.69) is 15.0 Å². The van der Waals surface area contributed by atoms with Crippen molar-refractivity contribution >= 4 is 40.0 Å². The highest BCUT2D eigenvalue weighted by atomic mass is 127. The lowest BCUT2D eigenvalue weighted by molar-refractivity contribution is 0.476. The van der Waals surface area contributed by atoms with E-state index in [1.165, 1.54) is 19.2 Å². The predicted molar refractivity (Wildman–Crippen MR) is 121 cm³/mol. The fourth-order valence-electron chi connectivity index (χ4n) is 2.50. The molecule has 2 N–H and O–H groups in total. The molecule has 0 aliphatic rings. The first-order valence-electron chi connectivity index (χ1n) is 8.62. The van der Waals surface area contributed by atoms with Crippen LogP contribution in [0.2, 0.25) is 0 Å². The van der Waals surface area contributed by atoms with E-state index in [0.717, 1.165) is 11.1 Å². The normalized spacial score (nSPS) is 11.6. The van der Waals surface area contributed by atoms with Gasteiger partial charge in [-0.05, 0) is 49.4 Å². The molecule has 0 fully saturated rings. The van der Waals surface area contributed by atoms with E-state index in [0.29, 0.717) is 25.6 Å². The van der Waals surface area contributed by atoms with E-state index in [1.807, 2.05) is 24.9 Å². The first kappa shape index (κ1) is 24.3. The van der Waals surface area contributed by atoms with Gasteiger partial charge in [-0.1, -0.05) is 24.3 Å². The van der Waals surface area contributed by atoms with E-state index < -0.39 is 10.0 Å². The van der Waals surface area contributed by atoms with Gasteiger partial charge < -0.3 is 10.2 Å². The number of hydrogen-bond donors (Lipinski definition) is 2. The summed E-state index contributed by atoms with van der Waals surface area (Å²) in [7, 11) is -0.207. The molecule has 0 atom stereocenters. The highest BCUT2D eigenvalue weighted by Gasteiger charge is 2.12. The van der Waals surface area contributed by atoms with Crippen LogP contribution in [-0.4, -0.2) is 39.9 Å². The second-order valence-electron chi connectivity index (χ2n) is 6.01. The van der Waals surface area contributed by atoms with Crippen molar-refractivity contribution in [3.63, 3.8) is 0 Å². The zero-order valence-corrected chi connectivity index (χ0v) is 19.3. The van der Waals surface area contributed by atoms with Crippen LogP contribution in [0.4, 0.5) is 4.39 Å². The Hall–Kier alpha value is -1.72. The largest absolute Gasteiger partial charge is 0.357 e. The molecule has 0 saturated heterocycles. The van der Waals surface area contributed by atoms with E-state index >= 15 is 0 Å². The number of halogens is 2. The second kappa shape index (κ2) is 11.3. The molecule has 0 bridgehead atoms. The fourth-order valence-corrected chi connectivity index (χ4v) is 3.30. The number of sulfonamides is 1. The van der Waals surface area contributed by atoms with Crippen LogP contribution >= 0.6 is 24.0 Å². The van der Waals surface area contributed by atoms with Crippen LogP contribution in [0.25, 0.3) is 0 Å². The Morgan fingerprint density at radius 1 is 1.14 bits per heavy atom. The Kier molecular flexibility index (Phi) is 9.83. The maximum absolute atomic E-state index is 13.1. The van der Waals surface area contributed by atoms with Crippen LogP contribution in [0.15, 0.2) is 58.4 Å². The maximum Gasteiger partial charge on any atom is 0.240 e. The lowest BCUT2D eigenvalue weighted by Crippen LogP contribution is -2.38. The molecule has 0 spiro atoms. The van der Waals surface area contributed by atoms with Gasteiger partial charge in [-0.25, -0.2) is 22.5 Å². The van der Waals surface area contributed by atoms with Gasteiger partial charge in [-0.15, -0.1) is 24.0 Å². The molecule has 2 rings (SSSR count). The molecular weight excluding hydrogens is 494 g/mol. The third-order valence-corrected chi connectivity index (χ3v) is 5.33. The van der Waals surface area contributed by atoms with Gasteiger partial charge in [0.2, 0.25) is 10.0 Å². The summed E-state index contributed by atoms with van der Waals surface area (Å²) < 4.78 is 39.2. The van der Waals surface area contributed by atoms with Gasteiger partial charge in [0, 0.05) is 20.1 Å². The summed E-state index contributed by atoms with van der Waals surface area (Å²) in [6.45, 7) is 3.57. The standard InChI is InChI=1S/C19H25FN4O2S.HI/c1-4-22-19(24(3)14-15-8-10-17(20)11-9-15)23-13-16-6-5-7-18(12-16)27(25,26)21-2;/h5-12,21H,4,13-14H2,1-3H3,(H,22,23);1H. The molecule has 0 aromatic heterocycles. The molecule has 0 aliphatic carbocycles. The van der Waals surface area contributed by atoms with Crippen molar-refractivity contribution in [2.24, 2.45) is 4.99 Å². The zero-order valence-electron chi connectivity index (χ0n) is 16.1. The molecule has 0 unspecified atom stereocenters. The maximum atomic E-state index is 13.1. The SMILES string of the molecule is CCNC(=NCc1cccc(S(=O)(=O)NC)c1)N(C)Cc1ccc(F)cc1.I. The molecule has 28 heavy (non-hydrogen) atoms. The van der Waals surface area contributed by atoms with Crippen LogP contribution in [-0.2, 0) is 23.1 Å². The first-order valence-corrected chi connectivity index (χ1v) is 10.1. The van der Waals surface area contributed by atoms with Crippen LogP contribution in [0.5, 0.6) is 0 Å². The minimum atomic E-state index is -3.49. The van der Waals surface area contributed by atoms with E-state index in [9.17, 15) is 12.8 Å². The molecule has 0 radical (unpaired) electrons. The molecule has 0 saturated carbocycles. The zero-order chi connectivity index (χ0) is 19.9. The molecular formula is C19H26FIN4O2S. The monoisotopic (exact) mass is 520 g/mol. The number of nitrogens with one attached hydrogen (secondary N) is 2. The van der Waals surface area contributed by atoms with E-state index in [1.54, 1.807) is 30.3 Å². The van der Waals surface area contributed by atoms with Crippen molar-refractivity contribution in [1.29, 1.82) is 0 Å². The number of benzene rings is 2. The number of hydrogen-bond acceptors (Lipinski definition) is 3. The van der Waals surface area contributed by atoms with Crippen molar-refractivity contribution in [3.8, 4) is 0 Å². The van der Waals surface area contributed by atoms with Crippen molar-refractivity contribution in [2.45, 2.75) is 24.9 Å². The number of rotatable bonds is 7.